The highest BCUT2D eigenvalue weighted by molar-refractivity contribution is 6.67. The van der Waals surface area contributed by atoms with Gasteiger partial charge in [0.05, 0.1) is 16.7 Å². The zero-order valence-corrected chi connectivity index (χ0v) is 17.9. The first kappa shape index (κ1) is 21.1. The maximum absolute atomic E-state index is 14.9. The van der Waals surface area contributed by atoms with Crippen molar-refractivity contribution in [2.75, 3.05) is 0 Å². The minimum Gasteiger partial charge on any atom is -0.456 e. The molecule has 6 nitrogen and oxygen atoms in total. The average Bonchev–Trinajstić information content (AvgIpc) is 3.03. The number of ether oxygens (including phenoxy) is 3. The fourth-order valence-corrected chi connectivity index (χ4v) is 4.31. The van der Waals surface area contributed by atoms with Gasteiger partial charge < -0.3 is 14.2 Å². The Morgan fingerprint density at radius 3 is 2.30 bits per heavy atom. The second-order valence-electron chi connectivity index (χ2n) is 7.68. The van der Waals surface area contributed by atoms with Gasteiger partial charge in [0.25, 0.3) is 5.24 Å². The topological polar surface area (TPSA) is 78.9 Å². The summed E-state index contributed by atoms with van der Waals surface area (Å²) >= 11 is 5.56. The van der Waals surface area contributed by atoms with E-state index >= 15 is 0 Å². The molecule has 0 radical (unpaired) electrons. The number of carbonyl (C=O) groups is 3. The SMILES string of the molecule is CC(=O)Oc1cc2c(cc1F)C1(OC(=O)c3cc(C(=O)Cl)ccc31)c1cc(F)c(C)cc1O2. The highest BCUT2D eigenvalue weighted by Gasteiger charge is 2.54. The molecule has 2 aliphatic rings. The van der Waals surface area contributed by atoms with Crippen LogP contribution in [-0.2, 0) is 15.1 Å². The van der Waals surface area contributed by atoms with Crippen LogP contribution in [0.1, 0.15) is 49.9 Å². The van der Waals surface area contributed by atoms with Gasteiger partial charge >= 0.3 is 11.9 Å². The van der Waals surface area contributed by atoms with Crippen molar-refractivity contribution in [2.45, 2.75) is 19.4 Å². The summed E-state index contributed by atoms with van der Waals surface area (Å²) in [5, 5.41) is -0.780. The molecule has 2 aliphatic heterocycles. The summed E-state index contributed by atoms with van der Waals surface area (Å²) < 4.78 is 46.2. The molecule has 5 rings (SSSR count). The Bertz CT molecular complexity index is 1420. The largest absolute Gasteiger partial charge is 0.456 e. The van der Waals surface area contributed by atoms with Crippen molar-refractivity contribution in [3.63, 3.8) is 0 Å². The summed E-state index contributed by atoms with van der Waals surface area (Å²) in [5.74, 6) is -3.23. The minimum atomic E-state index is -1.77. The van der Waals surface area contributed by atoms with E-state index in [0.717, 1.165) is 25.1 Å². The third kappa shape index (κ3) is 3.01. The predicted molar refractivity (Wildman–Crippen MR) is 111 cm³/mol. The molecule has 0 aliphatic carbocycles. The van der Waals surface area contributed by atoms with Crippen LogP contribution in [0.25, 0.3) is 0 Å². The second kappa shape index (κ2) is 7.11. The Morgan fingerprint density at radius 2 is 1.64 bits per heavy atom. The van der Waals surface area contributed by atoms with Gasteiger partial charge in [-0.05, 0) is 54.4 Å². The van der Waals surface area contributed by atoms with E-state index in [1.165, 1.54) is 31.2 Å². The predicted octanol–water partition coefficient (Wildman–Crippen LogP) is 5.15. The molecular formula is C24H13ClF2O6. The van der Waals surface area contributed by atoms with Crippen LogP contribution in [0.4, 0.5) is 8.78 Å². The van der Waals surface area contributed by atoms with E-state index in [1.54, 1.807) is 0 Å². The molecule has 3 aromatic rings. The molecular weight excluding hydrogens is 458 g/mol. The molecule has 1 atom stereocenters. The normalized spacial score (nSPS) is 17.5. The van der Waals surface area contributed by atoms with Gasteiger partial charge in [0.1, 0.15) is 17.3 Å². The zero-order chi connectivity index (χ0) is 23.7. The van der Waals surface area contributed by atoms with E-state index in [-0.39, 0.29) is 50.6 Å². The van der Waals surface area contributed by atoms with E-state index in [2.05, 4.69) is 0 Å². The van der Waals surface area contributed by atoms with E-state index < -0.39 is 34.4 Å². The van der Waals surface area contributed by atoms with Gasteiger partial charge in [-0.2, -0.15) is 0 Å². The van der Waals surface area contributed by atoms with Crippen molar-refractivity contribution in [2.24, 2.45) is 0 Å². The summed E-state index contributed by atoms with van der Waals surface area (Å²) in [4.78, 5) is 35.9. The number of esters is 2. The molecule has 2 heterocycles. The number of rotatable bonds is 2. The van der Waals surface area contributed by atoms with Crippen molar-refractivity contribution >= 4 is 28.8 Å². The van der Waals surface area contributed by atoms with E-state index in [4.69, 9.17) is 25.8 Å². The lowest BCUT2D eigenvalue weighted by Crippen LogP contribution is -2.33. The number of aryl methyl sites for hydroxylation is 1. The van der Waals surface area contributed by atoms with Crippen LogP contribution in [0.2, 0.25) is 0 Å². The average molecular weight is 471 g/mol. The van der Waals surface area contributed by atoms with Crippen LogP contribution < -0.4 is 9.47 Å². The van der Waals surface area contributed by atoms with E-state index in [9.17, 15) is 23.2 Å². The third-order valence-electron chi connectivity index (χ3n) is 5.62. The number of carbonyl (C=O) groups excluding carboxylic acids is 3. The lowest BCUT2D eigenvalue weighted by molar-refractivity contribution is -0.132. The summed E-state index contributed by atoms with van der Waals surface area (Å²) in [6.07, 6.45) is 0. The van der Waals surface area contributed by atoms with Gasteiger partial charge in [0.15, 0.2) is 17.2 Å². The molecule has 0 N–H and O–H groups in total. The monoisotopic (exact) mass is 470 g/mol. The maximum Gasteiger partial charge on any atom is 0.340 e. The molecule has 0 aromatic heterocycles. The number of hydrogen-bond acceptors (Lipinski definition) is 6. The molecule has 1 unspecified atom stereocenters. The van der Waals surface area contributed by atoms with E-state index in [0.29, 0.717) is 0 Å². The first-order valence-electron chi connectivity index (χ1n) is 9.70. The van der Waals surface area contributed by atoms with Gasteiger partial charge in [-0.1, -0.05) is 6.07 Å². The number of halogens is 3. The minimum absolute atomic E-state index is 0.0192. The van der Waals surface area contributed by atoms with E-state index in [1.807, 2.05) is 0 Å². The highest BCUT2D eigenvalue weighted by atomic mass is 35.5. The van der Waals surface area contributed by atoms with Crippen LogP contribution in [0.15, 0.2) is 42.5 Å². The van der Waals surface area contributed by atoms with Crippen molar-refractivity contribution in [1.82, 2.24) is 0 Å². The number of benzene rings is 3. The number of hydrogen-bond donors (Lipinski definition) is 0. The fourth-order valence-electron chi connectivity index (χ4n) is 4.20. The molecule has 0 amide bonds. The molecule has 0 bridgehead atoms. The lowest BCUT2D eigenvalue weighted by Gasteiger charge is -2.36. The lowest BCUT2D eigenvalue weighted by atomic mass is 9.77. The first-order chi connectivity index (χ1) is 15.6. The van der Waals surface area contributed by atoms with Crippen molar-refractivity contribution < 1.29 is 37.4 Å². The molecule has 166 valence electrons. The standard InChI is InChI=1S/C24H13ClF2O6/c1-10-5-19-15(7-17(10)26)24(14-4-3-12(22(25)29)6-13(14)23(30)33-24)16-8-18(27)21(31-11(2)28)9-20(16)32-19/h3-9H,1-2H3. The Labute approximate surface area is 190 Å². The first-order valence-corrected chi connectivity index (χ1v) is 10.1. The van der Waals surface area contributed by atoms with Gasteiger partial charge in [-0.3, -0.25) is 9.59 Å². The summed E-state index contributed by atoms with van der Waals surface area (Å²) in [7, 11) is 0. The maximum atomic E-state index is 14.9. The molecule has 0 saturated heterocycles. The van der Waals surface area contributed by atoms with Gasteiger partial charge in [-0.15, -0.1) is 0 Å². The Kier molecular flexibility index (Phi) is 4.54. The summed E-state index contributed by atoms with van der Waals surface area (Å²) in [6, 6.07) is 8.87. The van der Waals surface area contributed by atoms with Crippen LogP contribution >= 0.6 is 11.6 Å². The molecule has 9 heteroatoms. The quantitative estimate of drug-likeness (QED) is 0.293. The van der Waals surface area contributed by atoms with Gasteiger partial charge in [0, 0.05) is 24.1 Å². The van der Waals surface area contributed by atoms with Crippen molar-refractivity contribution in [3.05, 3.63) is 87.5 Å². The van der Waals surface area contributed by atoms with Gasteiger partial charge in [0.2, 0.25) is 0 Å². The molecule has 1 spiro atoms. The van der Waals surface area contributed by atoms with Crippen LogP contribution in [-0.4, -0.2) is 17.2 Å². The van der Waals surface area contributed by atoms with Gasteiger partial charge in [-0.25, -0.2) is 13.6 Å². The third-order valence-corrected chi connectivity index (χ3v) is 5.84. The smallest absolute Gasteiger partial charge is 0.340 e. The van der Waals surface area contributed by atoms with Crippen LogP contribution in [0.3, 0.4) is 0 Å². The number of fused-ring (bicyclic) bond motifs is 6. The Balaban J connectivity index is 1.85. The zero-order valence-electron chi connectivity index (χ0n) is 17.1. The Morgan fingerprint density at radius 1 is 0.970 bits per heavy atom. The summed E-state index contributed by atoms with van der Waals surface area (Å²) in [5.41, 5.74) is -0.981. The molecule has 0 fully saturated rings. The Hall–Kier alpha value is -3.78. The molecule has 3 aromatic carbocycles. The molecule has 0 saturated carbocycles. The van der Waals surface area contributed by atoms with Crippen LogP contribution in [0, 0.1) is 18.6 Å². The summed E-state index contributed by atoms with van der Waals surface area (Å²) in [6.45, 7) is 2.65. The second-order valence-corrected chi connectivity index (χ2v) is 8.02. The molecule has 33 heavy (non-hydrogen) atoms. The van der Waals surface area contributed by atoms with Crippen LogP contribution in [0.5, 0.6) is 17.2 Å². The van der Waals surface area contributed by atoms with Crippen molar-refractivity contribution in [1.29, 1.82) is 0 Å². The fraction of sp³-hybridized carbons (Fsp3) is 0.125. The van der Waals surface area contributed by atoms with Crippen molar-refractivity contribution in [3.8, 4) is 17.2 Å². The highest BCUT2D eigenvalue weighted by Crippen LogP contribution is 2.57.